The fraction of sp³-hybridized carbons (Fsp3) is 0.962. The molecule has 0 aromatic carbocycles. The minimum absolute atomic E-state index is 0. The van der Waals surface area contributed by atoms with Crippen molar-refractivity contribution in [3.63, 3.8) is 0 Å². The molecule has 6 heteroatoms. The van der Waals surface area contributed by atoms with E-state index in [1.165, 1.54) is 89.9 Å². The third kappa shape index (κ3) is 23.1. The molecule has 1 amide bonds. The lowest BCUT2D eigenvalue weighted by atomic mass is 10.1. The molecule has 0 aliphatic rings. The molecule has 4 nitrogen and oxygen atoms in total. The highest BCUT2D eigenvalue weighted by molar-refractivity contribution is 5.85. The van der Waals surface area contributed by atoms with E-state index in [0.29, 0.717) is 6.54 Å². The lowest BCUT2D eigenvalue weighted by molar-refractivity contribution is -0.133. The molecule has 196 valence electrons. The molecule has 0 fully saturated rings. The third-order valence-electron chi connectivity index (χ3n) is 6.16. The first-order chi connectivity index (χ1) is 14.7. The zero-order chi connectivity index (χ0) is 22.3. The maximum absolute atomic E-state index is 12.9. The maximum atomic E-state index is 12.9. The number of carbonyl (C=O) groups excluding carboxylic acids is 1. The number of amides is 1. The van der Waals surface area contributed by atoms with E-state index in [9.17, 15) is 4.79 Å². The van der Waals surface area contributed by atoms with Gasteiger partial charge in [0, 0.05) is 13.1 Å². The fourth-order valence-corrected chi connectivity index (χ4v) is 4.07. The van der Waals surface area contributed by atoms with E-state index < -0.39 is 0 Å². The lowest BCUT2D eigenvalue weighted by Crippen LogP contribution is -2.44. The van der Waals surface area contributed by atoms with E-state index in [0.717, 1.165) is 45.2 Å². The van der Waals surface area contributed by atoms with Gasteiger partial charge in [-0.1, -0.05) is 110 Å². The van der Waals surface area contributed by atoms with Gasteiger partial charge in [-0.25, -0.2) is 0 Å². The van der Waals surface area contributed by atoms with Gasteiger partial charge in [-0.3, -0.25) is 4.79 Å². The molecule has 0 radical (unpaired) electrons. The van der Waals surface area contributed by atoms with Gasteiger partial charge in [-0.2, -0.15) is 0 Å². The summed E-state index contributed by atoms with van der Waals surface area (Å²) in [7, 11) is 0. The van der Waals surface area contributed by atoms with Crippen molar-refractivity contribution in [2.75, 3.05) is 19.6 Å². The van der Waals surface area contributed by atoms with Crippen molar-refractivity contribution in [3.05, 3.63) is 0 Å². The number of halogens is 2. The number of hydrogen-bond donors (Lipinski definition) is 2. The summed E-state index contributed by atoms with van der Waals surface area (Å²) in [4.78, 5) is 15.0. The van der Waals surface area contributed by atoms with Crippen LogP contribution in [0.4, 0.5) is 0 Å². The van der Waals surface area contributed by atoms with Gasteiger partial charge in [0.15, 0.2) is 0 Å². The zero-order valence-electron chi connectivity index (χ0n) is 21.5. The van der Waals surface area contributed by atoms with Gasteiger partial charge in [-0.05, 0) is 32.2 Å². The lowest BCUT2D eigenvalue weighted by Gasteiger charge is -2.26. The normalized spacial score (nSPS) is 11.5. The van der Waals surface area contributed by atoms with E-state index in [4.69, 9.17) is 11.5 Å². The van der Waals surface area contributed by atoms with Gasteiger partial charge in [0.25, 0.3) is 0 Å². The van der Waals surface area contributed by atoms with E-state index in [1.54, 1.807) is 0 Å². The molecule has 1 unspecified atom stereocenters. The fourth-order valence-electron chi connectivity index (χ4n) is 4.07. The highest BCUT2D eigenvalue weighted by Crippen LogP contribution is 2.12. The van der Waals surface area contributed by atoms with Gasteiger partial charge in [0.1, 0.15) is 0 Å². The van der Waals surface area contributed by atoms with Crippen LogP contribution in [-0.2, 0) is 4.79 Å². The molecule has 1 atom stereocenters. The molecule has 0 heterocycles. The average molecular weight is 499 g/mol. The minimum Gasteiger partial charge on any atom is -0.341 e. The molecule has 0 aliphatic carbocycles. The topological polar surface area (TPSA) is 72.3 Å². The summed E-state index contributed by atoms with van der Waals surface area (Å²) in [5.41, 5.74) is 11.8. The minimum atomic E-state index is -0.348. The molecule has 0 saturated carbocycles. The van der Waals surface area contributed by atoms with Gasteiger partial charge in [0.05, 0.1) is 6.04 Å². The Labute approximate surface area is 213 Å². The van der Waals surface area contributed by atoms with E-state index >= 15 is 0 Å². The first kappa shape index (κ1) is 36.5. The van der Waals surface area contributed by atoms with Crippen molar-refractivity contribution in [2.24, 2.45) is 11.5 Å². The smallest absolute Gasteiger partial charge is 0.239 e. The van der Waals surface area contributed by atoms with E-state index in [1.807, 2.05) is 0 Å². The molecule has 0 aromatic heterocycles. The van der Waals surface area contributed by atoms with Crippen molar-refractivity contribution in [2.45, 2.75) is 142 Å². The molecule has 0 spiro atoms. The predicted molar refractivity (Wildman–Crippen MR) is 147 cm³/mol. The summed E-state index contributed by atoms with van der Waals surface area (Å²) in [6.07, 6.45) is 23.5. The summed E-state index contributed by atoms with van der Waals surface area (Å²) in [6.45, 7) is 6.97. The standard InChI is InChI=1S/C26H55N3O.2ClH/c1-3-5-7-9-11-13-15-19-23-29(26(30)25(28)21-17-18-22-27)24-20-16-14-12-10-8-6-4-2;;/h25H,3-24,27-28H2,1-2H3;2*1H. The molecule has 0 rings (SSSR count). The van der Waals surface area contributed by atoms with Gasteiger partial charge in [-0.15, -0.1) is 24.8 Å². The molecule has 0 bridgehead atoms. The Morgan fingerprint density at radius 3 is 1.38 bits per heavy atom. The Hall–Kier alpha value is -0.0300. The van der Waals surface area contributed by atoms with Crippen LogP contribution in [0.15, 0.2) is 0 Å². The van der Waals surface area contributed by atoms with Crippen LogP contribution in [0.3, 0.4) is 0 Å². The molecular weight excluding hydrogens is 441 g/mol. The van der Waals surface area contributed by atoms with Gasteiger partial charge < -0.3 is 16.4 Å². The van der Waals surface area contributed by atoms with Crippen LogP contribution in [0.1, 0.15) is 136 Å². The number of nitrogens with two attached hydrogens (primary N) is 2. The third-order valence-corrected chi connectivity index (χ3v) is 6.16. The Kier molecular flexibility index (Phi) is 33.1. The summed E-state index contributed by atoms with van der Waals surface area (Å²) in [5.74, 6) is 0.165. The highest BCUT2D eigenvalue weighted by atomic mass is 35.5. The largest absolute Gasteiger partial charge is 0.341 e. The number of unbranched alkanes of at least 4 members (excludes halogenated alkanes) is 15. The van der Waals surface area contributed by atoms with Crippen LogP contribution in [0.25, 0.3) is 0 Å². The second kappa shape index (κ2) is 29.0. The quantitative estimate of drug-likeness (QED) is 0.144. The SMILES string of the molecule is CCCCCCCCCCN(CCCCCCCCCC)C(=O)C(N)CCCCN.Cl.Cl. The molecular formula is C26H57Cl2N3O. The summed E-state index contributed by atoms with van der Waals surface area (Å²) in [5, 5.41) is 0. The monoisotopic (exact) mass is 497 g/mol. The van der Waals surface area contributed by atoms with Crippen LogP contribution < -0.4 is 11.5 Å². The van der Waals surface area contributed by atoms with Crippen molar-refractivity contribution in [1.82, 2.24) is 4.90 Å². The van der Waals surface area contributed by atoms with Crippen molar-refractivity contribution < 1.29 is 4.79 Å². The van der Waals surface area contributed by atoms with Crippen LogP contribution in [0, 0.1) is 0 Å². The van der Waals surface area contributed by atoms with Crippen LogP contribution >= 0.6 is 24.8 Å². The van der Waals surface area contributed by atoms with Crippen LogP contribution in [0.2, 0.25) is 0 Å². The van der Waals surface area contributed by atoms with Crippen molar-refractivity contribution in [1.29, 1.82) is 0 Å². The van der Waals surface area contributed by atoms with Crippen LogP contribution in [0.5, 0.6) is 0 Å². The Bertz CT molecular complexity index is 353. The van der Waals surface area contributed by atoms with Gasteiger partial charge in [0.2, 0.25) is 5.91 Å². The van der Waals surface area contributed by atoms with Crippen molar-refractivity contribution >= 4 is 30.7 Å². The summed E-state index contributed by atoms with van der Waals surface area (Å²) in [6, 6.07) is -0.348. The second-order valence-corrected chi connectivity index (χ2v) is 9.17. The number of rotatable bonds is 23. The number of carbonyl (C=O) groups is 1. The summed E-state index contributed by atoms with van der Waals surface area (Å²) >= 11 is 0. The van der Waals surface area contributed by atoms with E-state index in [2.05, 4.69) is 18.7 Å². The Morgan fingerprint density at radius 2 is 1.00 bits per heavy atom. The molecule has 32 heavy (non-hydrogen) atoms. The zero-order valence-corrected chi connectivity index (χ0v) is 23.1. The maximum Gasteiger partial charge on any atom is 0.239 e. The number of nitrogens with zero attached hydrogens (tertiary/aromatic N) is 1. The molecule has 0 aliphatic heterocycles. The first-order valence-corrected chi connectivity index (χ1v) is 13.4. The molecule has 0 saturated heterocycles. The first-order valence-electron chi connectivity index (χ1n) is 13.4. The molecule has 4 N–H and O–H groups in total. The van der Waals surface area contributed by atoms with Gasteiger partial charge >= 0.3 is 0 Å². The molecule has 0 aromatic rings. The van der Waals surface area contributed by atoms with Crippen LogP contribution in [-0.4, -0.2) is 36.5 Å². The average Bonchev–Trinajstić information content (AvgIpc) is 2.75. The second-order valence-electron chi connectivity index (χ2n) is 9.17. The predicted octanol–water partition coefficient (Wildman–Crippen LogP) is 7.40. The Balaban J connectivity index is -0.00000420. The van der Waals surface area contributed by atoms with E-state index in [-0.39, 0.29) is 36.8 Å². The Morgan fingerprint density at radius 1 is 0.625 bits per heavy atom. The number of hydrogen-bond acceptors (Lipinski definition) is 3. The highest BCUT2D eigenvalue weighted by Gasteiger charge is 2.20. The van der Waals surface area contributed by atoms with Crippen molar-refractivity contribution in [3.8, 4) is 0 Å². The summed E-state index contributed by atoms with van der Waals surface area (Å²) < 4.78 is 0.